The molecule has 0 saturated carbocycles. The van der Waals surface area contributed by atoms with Crippen LogP contribution in [0.5, 0.6) is 6.01 Å². The summed E-state index contributed by atoms with van der Waals surface area (Å²) >= 11 is 0. The Morgan fingerprint density at radius 3 is 2.50 bits per heavy atom. The first-order valence-corrected chi connectivity index (χ1v) is 10.7. The molecule has 0 unspecified atom stereocenters. The second kappa shape index (κ2) is 10.5. The highest BCUT2D eigenvalue weighted by molar-refractivity contribution is 5.73. The largest absolute Gasteiger partial charge is 0.480 e. The molecule has 3 heterocycles. The van der Waals surface area contributed by atoms with E-state index in [2.05, 4.69) is 26.8 Å². The molecule has 10 heteroatoms. The number of nitrogens with one attached hydrogen (secondary N) is 1. The molecule has 10 nitrogen and oxygen atoms in total. The Bertz CT molecular complexity index is 901. The minimum Gasteiger partial charge on any atom is -0.480 e. The van der Waals surface area contributed by atoms with Crippen LogP contribution in [0.15, 0.2) is 4.79 Å². The van der Waals surface area contributed by atoms with E-state index in [1.807, 2.05) is 11.8 Å². The van der Waals surface area contributed by atoms with Gasteiger partial charge in [0, 0.05) is 32.7 Å². The molecule has 166 valence electrons. The molecule has 1 saturated heterocycles. The van der Waals surface area contributed by atoms with Crippen molar-refractivity contribution in [3.8, 4) is 6.01 Å². The number of carboxylic acids is 1. The molecule has 3 rings (SSSR count). The Labute approximate surface area is 175 Å². The Kier molecular flexibility index (Phi) is 7.81. The smallest absolute Gasteiger partial charge is 0.327 e. The Balaban J connectivity index is 1.52. The van der Waals surface area contributed by atoms with E-state index < -0.39 is 5.97 Å². The number of hydrogen-bond acceptors (Lipinski definition) is 7. The number of nitrogens with zero attached hydrogens (tertiary/aromatic N) is 5. The topological polar surface area (TPSA) is 117 Å². The first-order valence-electron chi connectivity index (χ1n) is 10.7. The molecule has 0 atom stereocenters. The number of aryl methyl sites for hydroxylation is 2. The van der Waals surface area contributed by atoms with Gasteiger partial charge in [-0.2, -0.15) is 9.97 Å². The first kappa shape index (κ1) is 22.2. The van der Waals surface area contributed by atoms with Crippen molar-refractivity contribution in [3.63, 3.8) is 0 Å². The molecular weight excluding hydrogens is 388 g/mol. The highest BCUT2D eigenvalue weighted by Gasteiger charge is 2.18. The lowest BCUT2D eigenvalue weighted by Gasteiger charge is -2.33. The van der Waals surface area contributed by atoms with Gasteiger partial charge < -0.3 is 19.7 Å². The molecule has 0 aliphatic carbocycles. The van der Waals surface area contributed by atoms with Gasteiger partial charge in [-0.05, 0) is 32.7 Å². The van der Waals surface area contributed by atoms with Gasteiger partial charge in [0.15, 0.2) is 5.65 Å². The van der Waals surface area contributed by atoms with Gasteiger partial charge in [0.2, 0.25) is 0 Å². The van der Waals surface area contributed by atoms with Crippen molar-refractivity contribution in [1.82, 2.24) is 29.3 Å². The summed E-state index contributed by atoms with van der Waals surface area (Å²) in [7, 11) is 0. The van der Waals surface area contributed by atoms with Crippen molar-refractivity contribution >= 4 is 17.1 Å². The van der Waals surface area contributed by atoms with Crippen LogP contribution in [0.1, 0.15) is 38.3 Å². The fourth-order valence-corrected chi connectivity index (χ4v) is 3.69. The van der Waals surface area contributed by atoms with Crippen molar-refractivity contribution in [1.29, 1.82) is 0 Å². The van der Waals surface area contributed by atoms with Crippen LogP contribution >= 0.6 is 0 Å². The SMILES string of the molecule is CCCCOc1nc(C)c2[nH]c(=O)n(CCCCN3CCN(CC(=O)O)CC3)c2n1. The summed E-state index contributed by atoms with van der Waals surface area (Å²) in [6, 6.07) is 0.320. The number of H-pyrrole nitrogens is 1. The minimum atomic E-state index is -0.773. The van der Waals surface area contributed by atoms with Crippen molar-refractivity contribution < 1.29 is 14.6 Å². The van der Waals surface area contributed by atoms with Crippen LogP contribution in [-0.4, -0.2) is 86.3 Å². The fourth-order valence-electron chi connectivity index (χ4n) is 3.69. The summed E-state index contributed by atoms with van der Waals surface area (Å²) in [5, 5.41) is 8.88. The number of aliphatic carboxylic acids is 1. The Morgan fingerprint density at radius 2 is 1.80 bits per heavy atom. The molecule has 1 aliphatic rings. The molecule has 0 spiro atoms. The summed E-state index contributed by atoms with van der Waals surface area (Å²) in [6.07, 6.45) is 3.79. The van der Waals surface area contributed by atoms with Gasteiger partial charge in [-0.3, -0.25) is 14.3 Å². The van der Waals surface area contributed by atoms with Crippen molar-refractivity contribution in [3.05, 3.63) is 16.2 Å². The van der Waals surface area contributed by atoms with Gasteiger partial charge in [0.05, 0.1) is 18.8 Å². The van der Waals surface area contributed by atoms with Crippen LogP contribution in [0.3, 0.4) is 0 Å². The highest BCUT2D eigenvalue weighted by atomic mass is 16.5. The van der Waals surface area contributed by atoms with Gasteiger partial charge in [-0.15, -0.1) is 0 Å². The third kappa shape index (κ3) is 5.79. The van der Waals surface area contributed by atoms with Gasteiger partial charge in [-0.1, -0.05) is 13.3 Å². The van der Waals surface area contributed by atoms with E-state index in [9.17, 15) is 9.59 Å². The molecule has 30 heavy (non-hydrogen) atoms. The Morgan fingerprint density at radius 1 is 1.10 bits per heavy atom. The first-order chi connectivity index (χ1) is 14.5. The van der Waals surface area contributed by atoms with Crippen LogP contribution in [0, 0.1) is 6.92 Å². The number of fused-ring (bicyclic) bond motifs is 1. The normalized spacial score (nSPS) is 15.7. The number of aromatic amines is 1. The second-order valence-corrected chi connectivity index (χ2v) is 7.79. The van der Waals surface area contributed by atoms with Crippen LogP contribution in [-0.2, 0) is 11.3 Å². The summed E-state index contributed by atoms with van der Waals surface area (Å²) in [6.45, 7) is 9.48. The van der Waals surface area contributed by atoms with E-state index >= 15 is 0 Å². The fraction of sp³-hybridized carbons (Fsp3) is 0.700. The number of carbonyl (C=O) groups is 1. The zero-order chi connectivity index (χ0) is 21.5. The average molecular weight is 421 g/mol. The second-order valence-electron chi connectivity index (χ2n) is 7.79. The third-order valence-corrected chi connectivity index (χ3v) is 5.44. The van der Waals surface area contributed by atoms with E-state index in [0.717, 1.165) is 58.4 Å². The maximum atomic E-state index is 12.4. The van der Waals surface area contributed by atoms with Gasteiger partial charge >= 0.3 is 17.7 Å². The number of rotatable bonds is 11. The molecule has 0 radical (unpaired) electrons. The number of unbranched alkanes of at least 4 members (excludes halogenated alkanes) is 2. The van der Waals surface area contributed by atoms with Crippen LogP contribution in [0.4, 0.5) is 0 Å². The number of carboxylic acid groups (broad SMARTS) is 1. The number of aromatic nitrogens is 4. The summed E-state index contributed by atoms with van der Waals surface area (Å²) in [4.78, 5) is 39.2. The molecule has 0 aromatic carbocycles. The lowest BCUT2D eigenvalue weighted by Crippen LogP contribution is -2.48. The quantitative estimate of drug-likeness (QED) is 0.519. The number of imidazole rings is 1. The molecule has 2 aromatic rings. The molecule has 2 aromatic heterocycles. The van der Waals surface area contributed by atoms with Crippen LogP contribution in [0.2, 0.25) is 0 Å². The lowest BCUT2D eigenvalue weighted by atomic mass is 10.2. The number of hydrogen-bond donors (Lipinski definition) is 2. The number of piperazine rings is 1. The van der Waals surface area contributed by atoms with Gasteiger partial charge in [0.25, 0.3) is 0 Å². The average Bonchev–Trinajstić information content (AvgIpc) is 3.02. The summed E-state index contributed by atoms with van der Waals surface area (Å²) < 4.78 is 7.31. The van der Waals surface area contributed by atoms with Crippen molar-refractivity contribution in [2.24, 2.45) is 0 Å². The van der Waals surface area contributed by atoms with Gasteiger partial charge in [0.1, 0.15) is 5.52 Å². The monoisotopic (exact) mass is 420 g/mol. The van der Waals surface area contributed by atoms with Crippen LogP contribution < -0.4 is 10.4 Å². The van der Waals surface area contributed by atoms with Crippen LogP contribution in [0.25, 0.3) is 11.2 Å². The lowest BCUT2D eigenvalue weighted by molar-refractivity contribution is -0.138. The maximum Gasteiger partial charge on any atom is 0.327 e. The standard InChI is InChI=1S/C20H32N6O4/c1-3-4-13-30-19-21-15(2)17-18(23-19)26(20(29)22-17)8-6-5-7-24-9-11-25(12-10-24)14-16(27)28/h3-14H2,1-2H3,(H,22,29)(H,27,28). The summed E-state index contributed by atoms with van der Waals surface area (Å²) in [5.74, 6) is -0.773. The zero-order valence-corrected chi connectivity index (χ0v) is 17.9. The predicted molar refractivity (Wildman–Crippen MR) is 113 cm³/mol. The van der Waals surface area contributed by atoms with E-state index in [0.29, 0.717) is 36.0 Å². The maximum absolute atomic E-state index is 12.4. The van der Waals surface area contributed by atoms with Crippen molar-refractivity contribution in [2.75, 3.05) is 45.9 Å². The molecule has 0 amide bonds. The molecule has 1 aliphatic heterocycles. The summed E-state index contributed by atoms with van der Waals surface area (Å²) in [5.41, 5.74) is 1.80. The van der Waals surface area contributed by atoms with E-state index in [-0.39, 0.29) is 12.2 Å². The van der Waals surface area contributed by atoms with Gasteiger partial charge in [-0.25, -0.2) is 4.79 Å². The minimum absolute atomic E-state index is 0.114. The molecule has 0 bridgehead atoms. The third-order valence-electron chi connectivity index (χ3n) is 5.44. The number of ether oxygens (including phenoxy) is 1. The Hall–Kier alpha value is -2.46. The molecule has 1 fully saturated rings. The van der Waals surface area contributed by atoms with E-state index in [1.165, 1.54) is 0 Å². The highest BCUT2D eigenvalue weighted by Crippen LogP contribution is 2.16. The van der Waals surface area contributed by atoms with E-state index in [4.69, 9.17) is 9.84 Å². The molecule has 2 N–H and O–H groups in total. The van der Waals surface area contributed by atoms with E-state index in [1.54, 1.807) is 4.57 Å². The zero-order valence-electron chi connectivity index (χ0n) is 17.9. The van der Waals surface area contributed by atoms with Crippen molar-refractivity contribution in [2.45, 2.75) is 46.1 Å². The predicted octanol–water partition coefficient (Wildman–Crippen LogP) is 1.09. The molecular formula is C20H32N6O4.